The lowest BCUT2D eigenvalue weighted by Crippen LogP contribution is -2.40. The molecule has 9 heteroatoms. The van der Waals surface area contributed by atoms with Crippen molar-refractivity contribution in [3.8, 4) is 0 Å². The van der Waals surface area contributed by atoms with Crippen LogP contribution < -0.4 is 5.32 Å². The summed E-state index contributed by atoms with van der Waals surface area (Å²) in [6, 6.07) is 8.52. The van der Waals surface area contributed by atoms with Gasteiger partial charge < -0.3 is 5.32 Å². The second kappa shape index (κ2) is 5.88. The summed E-state index contributed by atoms with van der Waals surface area (Å²) in [4.78, 5) is 37.1. The van der Waals surface area contributed by atoms with Crippen molar-refractivity contribution in [2.24, 2.45) is 0 Å². The third kappa shape index (κ3) is 2.74. The lowest BCUT2D eigenvalue weighted by atomic mass is 9.92. The Balaban J connectivity index is 1.87. The fourth-order valence-corrected chi connectivity index (χ4v) is 3.62. The maximum absolute atomic E-state index is 12.7. The van der Waals surface area contributed by atoms with E-state index in [1.54, 1.807) is 19.1 Å². The minimum Gasteiger partial charge on any atom is -0.319 e. The first-order chi connectivity index (χ1) is 11.3. The smallest absolute Gasteiger partial charge is 0.319 e. The van der Waals surface area contributed by atoms with Gasteiger partial charge in [-0.1, -0.05) is 11.6 Å². The van der Waals surface area contributed by atoms with E-state index in [0.717, 1.165) is 9.78 Å². The molecule has 1 N–H and O–H groups in total. The number of imide groups is 1. The molecule has 1 saturated heterocycles. The molecule has 1 atom stereocenters. The fourth-order valence-electron chi connectivity index (χ4n) is 2.55. The van der Waals surface area contributed by atoms with Crippen LogP contribution in [0.1, 0.15) is 17.4 Å². The highest BCUT2D eigenvalue weighted by atomic mass is 35.5. The minimum absolute atomic E-state index is 0.0794. The maximum Gasteiger partial charge on any atom is 0.325 e. The number of nitro groups is 1. The van der Waals surface area contributed by atoms with Crippen LogP contribution in [0, 0.1) is 10.1 Å². The van der Waals surface area contributed by atoms with Crippen molar-refractivity contribution in [1.29, 1.82) is 0 Å². The lowest BCUT2D eigenvalue weighted by molar-refractivity contribution is -0.384. The number of rotatable bonds is 4. The van der Waals surface area contributed by atoms with Crippen molar-refractivity contribution in [3.63, 3.8) is 0 Å². The number of urea groups is 1. The van der Waals surface area contributed by atoms with Crippen LogP contribution in [0.5, 0.6) is 0 Å². The van der Waals surface area contributed by atoms with E-state index < -0.39 is 22.4 Å². The number of halogens is 1. The van der Waals surface area contributed by atoms with Gasteiger partial charge in [0.15, 0.2) is 0 Å². The van der Waals surface area contributed by atoms with Crippen LogP contribution in [0.25, 0.3) is 0 Å². The molecule has 0 saturated carbocycles. The molecule has 1 unspecified atom stereocenters. The summed E-state index contributed by atoms with van der Waals surface area (Å²) >= 11 is 7.17. The molecule has 1 aromatic heterocycles. The zero-order valence-electron chi connectivity index (χ0n) is 12.5. The van der Waals surface area contributed by atoms with E-state index in [1.165, 1.54) is 35.6 Å². The van der Waals surface area contributed by atoms with E-state index in [9.17, 15) is 19.7 Å². The quantitative estimate of drug-likeness (QED) is 0.511. The van der Waals surface area contributed by atoms with Crippen LogP contribution in [0.15, 0.2) is 36.4 Å². The number of nitrogens with zero attached hydrogens (tertiary/aromatic N) is 2. The summed E-state index contributed by atoms with van der Waals surface area (Å²) in [5, 5.41) is 13.4. The number of nitrogens with one attached hydrogen (secondary N) is 1. The van der Waals surface area contributed by atoms with E-state index in [4.69, 9.17) is 11.6 Å². The van der Waals surface area contributed by atoms with E-state index in [-0.39, 0.29) is 12.2 Å². The Bertz CT molecular complexity index is 835. The number of hydrogen-bond donors (Lipinski definition) is 1. The molecule has 1 fully saturated rings. The number of carbonyl (C=O) groups is 2. The highest BCUT2D eigenvalue weighted by molar-refractivity contribution is 7.16. The van der Waals surface area contributed by atoms with Gasteiger partial charge in [-0.25, -0.2) is 4.79 Å². The van der Waals surface area contributed by atoms with Gasteiger partial charge in [0.1, 0.15) is 5.54 Å². The Morgan fingerprint density at radius 1 is 1.25 bits per heavy atom. The Kier molecular flexibility index (Phi) is 4.02. The first kappa shape index (κ1) is 16.4. The summed E-state index contributed by atoms with van der Waals surface area (Å²) in [5.41, 5.74) is -0.852. The third-order valence-corrected chi connectivity index (χ3v) is 5.09. The second-order valence-corrected chi connectivity index (χ2v) is 7.26. The Morgan fingerprint density at radius 2 is 1.92 bits per heavy atom. The van der Waals surface area contributed by atoms with Crippen molar-refractivity contribution in [1.82, 2.24) is 10.2 Å². The molecule has 3 rings (SSSR count). The average Bonchev–Trinajstić information content (AvgIpc) is 3.05. The number of benzene rings is 1. The van der Waals surface area contributed by atoms with Gasteiger partial charge in [0.25, 0.3) is 11.6 Å². The van der Waals surface area contributed by atoms with Crippen molar-refractivity contribution >= 4 is 40.6 Å². The molecule has 124 valence electrons. The lowest BCUT2D eigenvalue weighted by Gasteiger charge is -2.22. The van der Waals surface area contributed by atoms with Crippen LogP contribution in [-0.4, -0.2) is 21.8 Å². The first-order valence-corrected chi connectivity index (χ1v) is 8.14. The second-order valence-electron chi connectivity index (χ2n) is 5.46. The van der Waals surface area contributed by atoms with E-state index in [2.05, 4.69) is 5.32 Å². The van der Waals surface area contributed by atoms with E-state index >= 15 is 0 Å². The summed E-state index contributed by atoms with van der Waals surface area (Å²) in [5.74, 6) is -0.411. The van der Waals surface area contributed by atoms with E-state index in [1.807, 2.05) is 0 Å². The van der Waals surface area contributed by atoms with Gasteiger partial charge in [-0.3, -0.25) is 19.8 Å². The van der Waals surface area contributed by atoms with Crippen LogP contribution in [-0.2, 0) is 16.9 Å². The van der Waals surface area contributed by atoms with E-state index in [0.29, 0.717) is 9.90 Å². The molecule has 1 aliphatic heterocycles. The number of amides is 3. The van der Waals surface area contributed by atoms with Gasteiger partial charge in [0.05, 0.1) is 15.8 Å². The Morgan fingerprint density at radius 3 is 2.46 bits per heavy atom. The van der Waals surface area contributed by atoms with Gasteiger partial charge in [-0.2, -0.15) is 0 Å². The van der Waals surface area contributed by atoms with Crippen molar-refractivity contribution in [3.05, 3.63) is 61.3 Å². The Hall–Kier alpha value is -2.45. The largest absolute Gasteiger partial charge is 0.325 e. The van der Waals surface area contributed by atoms with Crippen LogP contribution in [0.2, 0.25) is 4.34 Å². The molecule has 3 amide bonds. The number of carbonyl (C=O) groups excluding carboxylic acids is 2. The monoisotopic (exact) mass is 365 g/mol. The molecule has 7 nitrogen and oxygen atoms in total. The fraction of sp³-hybridized carbons (Fsp3) is 0.200. The van der Waals surface area contributed by atoms with Gasteiger partial charge in [0, 0.05) is 17.0 Å². The summed E-state index contributed by atoms with van der Waals surface area (Å²) in [6.07, 6.45) is 0. The highest BCUT2D eigenvalue weighted by Gasteiger charge is 2.49. The molecular formula is C15H12ClN3O4S. The van der Waals surface area contributed by atoms with Crippen molar-refractivity contribution < 1.29 is 14.5 Å². The van der Waals surface area contributed by atoms with Crippen LogP contribution in [0.4, 0.5) is 10.5 Å². The van der Waals surface area contributed by atoms with Crippen molar-refractivity contribution in [2.45, 2.75) is 19.0 Å². The molecule has 0 aliphatic carbocycles. The number of thiophene rings is 1. The molecule has 0 radical (unpaired) electrons. The molecule has 2 aromatic rings. The third-order valence-electron chi connectivity index (χ3n) is 3.87. The van der Waals surface area contributed by atoms with Crippen LogP contribution >= 0.6 is 22.9 Å². The molecule has 0 spiro atoms. The average molecular weight is 366 g/mol. The zero-order valence-corrected chi connectivity index (χ0v) is 14.1. The van der Waals surface area contributed by atoms with Crippen LogP contribution in [0.3, 0.4) is 0 Å². The van der Waals surface area contributed by atoms with Crippen molar-refractivity contribution in [2.75, 3.05) is 0 Å². The van der Waals surface area contributed by atoms with Gasteiger partial charge in [0.2, 0.25) is 0 Å². The molecule has 2 heterocycles. The van der Waals surface area contributed by atoms with Gasteiger partial charge in [-0.15, -0.1) is 11.3 Å². The SMILES string of the molecule is CC1(c2ccc([N+](=O)[O-])cc2)NC(=O)N(Cc2ccc(Cl)s2)C1=O. The predicted octanol–water partition coefficient (Wildman–Crippen LogP) is 3.28. The van der Waals surface area contributed by atoms with Gasteiger partial charge in [-0.05, 0) is 36.8 Å². The molecule has 0 bridgehead atoms. The predicted molar refractivity (Wildman–Crippen MR) is 88.9 cm³/mol. The van der Waals surface area contributed by atoms with Gasteiger partial charge >= 0.3 is 6.03 Å². The Labute approximate surface area is 146 Å². The standard InChI is InChI=1S/C15H12ClN3O4S/c1-15(9-2-4-10(5-3-9)19(22)23)13(20)18(14(21)17-15)8-11-6-7-12(16)24-11/h2-7H,8H2,1H3,(H,17,21). The first-order valence-electron chi connectivity index (χ1n) is 6.94. The maximum atomic E-state index is 12.7. The molecule has 1 aromatic carbocycles. The number of nitro benzene ring substituents is 1. The topological polar surface area (TPSA) is 92.6 Å². The summed E-state index contributed by atoms with van der Waals surface area (Å²) in [7, 11) is 0. The molecule has 1 aliphatic rings. The molecular weight excluding hydrogens is 354 g/mol. The zero-order chi connectivity index (χ0) is 17.5. The molecule has 24 heavy (non-hydrogen) atoms. The highest BCUT2D eigenvalue weighted by Crippen LogP contribution is 2.32. The number of hydrogen-bond acceptors (Lipinski definition) is 5. The normalized spacial score (nSPS) is 20.3. The minimum atomic E-state index is -1.26. The number of non-ortho nitro benzene ring substituents is 1. The summed E-state index contributed by atoms with van der Waals surface area (Å²) < 4.78 is 0.579. The summed E-state index contributed by atoms with van der Waals surface area (Å²) in [6.45, 7) is 1.71.